The summed E-state index contributed by atoms with van der Waals surface area (Å²) in [5.74, 6) is -0.212. The Morgan fingerprint density at radius 3 is 1.60 bits per heavy atom. The molecule has 3 atom stereocenters. The molecule has 0 aromatic rings. The Hall–Kier alpha value is -2.06. The highest BCUT2D eigenvalue weighted by atomic mass is 31.2. The highest BCUT2D eigenvalue weighted by molar-refractivity contribution is 7.47. The fourth-order valence-corrected chi connectivity index (χ4v) is 6.45. The van der Waals surface area contributed by atoms with Crippen LogP contribution in [0, 0.1) is 0 Å². The fourth-order valence-electron chi connectivity index (χ4n) is 5.71. The number of nitrogens with one attached hydrogen (secondary N) is 1. The lowest BCUT2D eigenvalue weighted by Gasteiger charge is -2.25. The first kappa shape index (κ1) is 52.9. The van der Waals surface area contributed by atoms with E-state index in [0.717, 1.165) is 77.0 Å². The molecule has 3 N–H and O–H groups in total. The van der Waals surface area contributed by atoms with Crippen LogP contribution in [0.25, 0.3) is 0 Å². The average molecular weight is 792 g/mol. The maximum absolute atomic E-state index is 12.8. The molecule has 0 bridgehead atoms. The van der Waals surface area contributed by atoms with Crippen molar-refractivity contribution in [3.05, 3.63) is 72.9 Å². The number of likely N-dealkylation sites (N-methyl/N-ethyl adjacent to an activating group) is 1. The van der Waals surface area contributed by atoms with Crippen LogP contribution < -0.4 is 5.32 Å². The fraction of sp³-hybridized carbons (Fsp3) is 0.717. The molecule has 318 valence electrons. The molecule has 9 heteroatoms. The van der Waals surface area contributed by atoms with Crippen LogP contribution in [-0.4, -0.2) is 73.4 Å². The van der Waals surface area contributed by atoms with Gasteiger partial charge in [0, 0.05) is 6.42 Å². The first-order valence-electron chi connectivity index (χ1n) is 21.8. The second kappa shape index (κ2) is 37.5. The number of quaternary nitrogens is 1. The van der Waals surface area contributed by atoms with Gasteiger partial charge in [0.05, 0.1) is 39.9 Å². The van der Waals surface area contributed by atoms with E-state index in [-0.39, 0.29) is 19.1 Å². The summed E-state index contributed by atoms with van der Waals surface area (Å²) in [5, 5.41) is 13.8. The molecule has 0 aliphatic rings. The molecule has 0 aromatic carbocycles. The molecule has 0 aliphatic heterocycles. The molecule has 8 nitrogen and oxygen atoms in total. The van der Waals surface area contributed by atoms with Crippen molar-refractivity contribution < 1.29 is 32.9 Å². The van der Waals surface area contributed by atoms with Crippen LogP contribution in [0.3, 0.4) is 0 Å². The number of allylic oxidation sites excluding steroid dienone is 11. The van der Waals surface area contributed by atoms with Gasteiger partial charge in [0.15, 0.2) is 0 Å². The molecule has 1 amide bonds. The summed E-state index contributed by atoms with van der Waals surface area (Å²) in [4.78, 5) is 23.1. The Bertz CT molecular complexity index is 1120. The largest absolute Gasteiger partial charge is 0.472 e. The monoisotopic (exact) mass is 792 g/mol. The van der Waals surface area contributed by atoms with E-state index in [1.54, 1.807) is 6.08 Å². The van der Waals surface area contributed by atoms with Crippen molar-refractivity contribution in [2.45, 2.75) is 174 Å². The van der Waals surface area contributed by atoms with Gasteiger partial charge in [-0.25, -0.2) is 4.57 Å². The zero-order valence-corrected chi connectivity index (χ0v) is 36.8. The molecule has 3 unspecified atom stereocenters. The first-order valence-corrected chi connectivity index (χ1v) is 23.3. The van der Waals surface area contributed by atoms with Crippen LogP contribution in [0.1, 0.15) is 162 Å². The van der Waals surface area contributed by atoms with E-state index < -0.39 is 20.0 Å². The van der Waals surface area contributed by atoms with Gasteiger partial charge in [-0.2, -0.15) is 0 Å². The molecule has 0 aromatic heterocycles. The number of phosphoric ester groups is 1. The van der Waals surface area contributed by atoms with Crippen molar-refractivity contribution >= 4 is 13.7 Å². The van der Waals surface area contributed by atoms with Gasteiger partial charge in [0.1, 0.15) is 13.2 Å². The minimum Gasteiger partial charge on any atom is -0.387 e. The maximum Gasteiger partial charge on any atom is 0.472 e. The molecule has 0 heterocycles. The van der Waals surface area contributed by atoms with Gasteiger partial charge in [-0.1, -0.05) is 164 Å². The number of aliphatic hydroxyl groups excluding tert-OH is 1. The smallest absolute Gasteiger partial charge is 0.387 e. The third-order valence-electron chi connectivity index (χ3n) is 9.18. The maximum atomic E-state index is 12.8. The van der Waals surface area contributed by atoms with Crippen molar-refractivity contribution in [3.63, 3.8) is 0 Å². The standard InChI is InChI=1S/C46H83N2O6P/c1-6-8-10-12-14-16-18-20-22-23-24-25-26-28-30-32-34-36-38-40-46(50)47-44(43-54-55(51,52)53-42-41-48(3,4)5)45(49)39-37-35-33-31-29-27-21-19-17-15-13-11-9-7-2/h8,10,14,16,20,22,24-25,28,30,37,39,44-45,49H,6-7,9,11-13,15,17-19,21,23,26-27,29,31-36,38,40-43H2,1-5H3,(H-,47,50,51,52)/p+1/b10-8-,16-14-,22-20-,25-24-,30-28-,39-37+. The minimum atomic E-state index is -4.35. The Labute approximate surface area is 338 Å². The lowest BCUT2D eigenvalue weighted by Crippen LogP contribution is -2.45. The number of hydrogen-bond acceptors (Lipinski definition) is 5. The number of unbranched alkanes of at least 4 members (excludes halogenated alkanes) is 15. The summed E-state index contributed by atoms with van der Waals surface area (Å²) < 4.78 is 23.5. The van der Waals surface area contributed by atoms with E-state index in [2.05, 4.69) is 79.9 Å². The van der Waals surface area contributed by atoms with E-state index >= 15 is 0 Å². The Morgan fingerprint density at radius 1 is 0.636 bits per heavy atom. The predicted octanol–water partition coefficient (Wildman–Crippen LogP) is 12.0. The predicted molar refractivity (Wildman–Crippen MR) is 235 cm³/mol. The second-order valence-corrected chi connectivity index (χ2v) is 17.1. The van der Waals surface area contributed by atoms with Crippen LogP contribution in [0.4, 0.5) is 0 Å². The van der Waals surface area contributed by atoms with E-state index in [1.807, 2.05) is 27.2 Å². The molecule has 0 spiro atoms. The minimum absolute atomic E-state index is 0.0510. The number of aliphatic hydroxyl groups is 1. The van der Waals surface area contributed by atoms with Crippen molar-refractivity contribution in [3.8, 4) is 0 Å². The van der Waals surface area contributed by atoms with Crippen LogP contribution in [0.2, 0.25) is 0 Å². The van der Waals surface area contributed by atoms with E-state index in [4.69, 9.17) is 9.05 Å². The molecular formula is C46H84N2O6P+. The molecule has 55 heavy (non-hydrogen) atoms. The van der Waals surface area contributed by atoms with Crippen molar-refractivity contribution in [1.29, 1.82) is 0 Å². The number of carbonyl (C=O) groups excluding carboxylic acids is 1. The lowest BCUT2D eigenvalue weighted by molar-refractivity contribution is -0.870. The highest BCUT2D eigenvalue weighted by Crippen LogP contribution is 2.43. The molecular weight excluding hydrogens is 707 g/mol. The zero-order valence-electron chi connectivity index (χ0n) is 35.9. The third kappa shape index (κ3) is 40.0. The zero-order chi connectivity index (χ0) is 40.7. The number of nitrogens with zero attached hydrogens (tertiary/aromatic N) is 1. The molecule has 0 saturated carbocycles. The molecule has 0 saturated heterocycles. The van der Waals surface area contributed by atoms with Gasteiger partial charge in [0.25, 0.3) is 0 Å². The SMILES string of the molecule is CC/C=C\C/C=C\C/C=C\C/C=C\C/C=C\CCCCCC(=O)NC(COP(=O)(O)OCC[N+](C)(C)C)C(O)/C=C/CCCCCCCCCCCCCC. The Kier molecular flexibility index (Phi) is 36.1. The van der Waals surface area contributed by atoms with E-state index in [1.165, 1.54) is 64.2 Å². The summed E-state index contributed by atoms with van der Waals surface area (Å²) >= 11 is 0. The number of carbonyl (C=O) groups is 1. The van der Waals surface area contributed by atoms with Gasteiger partial charge in [-0.3, -0.25) is 13.8 Å². The normalized spacial score (nSPS) is 15.1. The summed E-state index contributed by atoms with van der Waals surface area (Å²) in [6.45, 7) is 4.65. The first-order chi connectivity index (χ1) is 26.5. The second-order valence-electron chi connectivity index (χ2n) is 15.7. The van der Waals surface area contributed by atoms with Gasteiger partial charge < -0.3 is 19.8 Å². The van der Waals surface area contributed by atoms with Crippen molar-refractivity contribution in [2.24, 2.45) is 0 Å². The van der Waals surface area contributed by atoms with Gasteiger partial charge in [-0.05, 0) is 64.2 Å². The number of amides is 1. The quantitative estimate of drug-likeness (QED) is 0.0249. The van der Waals surface area contributed by atoms with E-state index in [9.17, 15) is 19.4 Å². The summed E-state index contributed by atoms with van der Waals surface area (Å²) in [7, 11) is 1.54. The lowest BCUT2D eigenvalue weighted by atomic mass is 10.0. The van der Waals surface area contributed by atoms with Crippen LogP contribution >= 0.6 is 7.82 Å². The summed E-state index contributed by atoms with van der Waals surface area (Å²) in [6.07, 6.45) is 49.6. The van der Waals surface area contributed by atoms with E-state index in [0.29, 0.717) is 17.4 Å². The summed E-state index contributed by atoms with van der Waals surface area (Å²) in [5.41, 5.74) is 0. The van der Waals surface area contributed by atoms with Gasteiger partial charge >= 0.3 is 7.82 Å². The highest BCUT2D eigenvalue weighted by Gasteiger charge is 2.27. The average Bonchev–Trinajstić information content (AvgIpc) is 3.13. The number of phosphoric acid groups is 1. The Balaban J connectivity index is 4.53. The molecule has 0 fully saturated rings. The number of rotatable bonds is 38. The van der Waals surface area contributed by atoms with Crippen molar-refractivity contribution in [1.82, 2.24) is 5.32 Å². The van der Waals surface area contributed by atoms with Gasteiger partial charge in [0.2, 0.25) is 5.91 Å². The van der Waals surface area contributed by atoms with Crippen molar-refractivity contribution in [2.75, 3.05) is 40.9 Å². The molecule has 0 aliphatic carbocycles. The van der Waals surface area contributed by atoms with Crippen LogP contribution in [-0.2, 0) is 18.4 Å². The topological polar surface area (TPSA) is 105 Å². The van der Waals surface area contributed by atoms with Gasteiger partial charge in [-0.15, -0.1) is 0 Å². The Morgan fingerprint density at radius 2 is 1.09 bits per heavy atom. The summed E-state index contributed by atoms with van der Waals surface area (Å²) in [6, 6.07) is -0.866. The number of hydrogen-bond donors (Lipinski definition) is 3. The van der Waals surface area contributed by atoms with Crippen LogP contribution in [0.5, 0.6) is 0 Å². The van der Waals surface area contributed by atoms with Crippen LogP contribution in [0.15, 0.2) is 72.9 Å². The molecule has 0 radical (unpaired) electrons. The third-order valence-corrected chi connectivity index (χ3v) is 10.2. The molecule has 0 rings (SSSR count).